The molecule has 4 rings (SSSR count). The van der Waals surface area contributed by atoms with Gasteiger partial charge in [0.25, 0.3) is 5.91 Å². The zero-order chi connectivity index (χ0) is 28.4. The number of aliphatic hydroxyl groups is 2. The number of aromatic nitrogens is 3. The number of benzene rings is 2. The van der Waals surface area contributed by atoms with Crippen LogP contribution in [0.1, 0.15) is 18.5 Å². The standard InChI is InChI=1S/C26H28ClF3N4O5/c1-13-22(34-10-19(31-32-34)15-8-17(28)21(30)18(29)9-15)23(36)20(11-35)39-24(13)25(26(37)33(2)3)38-12-14-4-6-16(27)7-5-14/h4-10,13,20,22-25,35-36H,11-12H2,1-3H3/t13?,20?,22-,23+,24-,25+/m1/s1. The van der Waals surface area contributed by atoms with Gasteiger partial charge in [-0.1, -0.05) is 35.9 Å². The van der Waals surface area contributed by atoms with Crippen LogP contribution >= 0.6 is 11.6 Å². The summed E-state index contributed by atoms with van der Waals surface area (Å²) >= 11 is 5.95. The summed E-state index contributed by atoms with van der Waals surface area (Å²) in [5, 5.41) is 29.5. The predicted molar refractivity (Wildman–Crippen MR) is 134 cm³/mol. The van der Waals surface area contributed by atoms with E-state index in [4.69, 9.17) is 21.1 Å². The van der Waals surface area contributed by atoms with Gasteiger partial charge in [0.05, 0.1) is 31.6 Å². The van der Waals surface area contributed by atoms with E-state index >= 15 is 0 Å². The van der Waals surface area contributed by atoms with E-state index in [1.54, 1.807) is 45.3 Å². The minimum atomic E-state index is -1.61. The second kappa shape index (κ2) is 12.0. The molecule has 0 aliphatic carbocycles. The van der Waals surface area contributed by atoms with E-state index in [-0.39, 0.29) is 17.9 Å². The SMILES string of the molecule is CC1[C@H]([C@H](OCc2ccc(Cl)cc2)C(=O)N(C)C)OC(CO)[C@H](O)[C@@H]1n1cc(-c2cc(F)c(F)c(F)c2)nn1. The monoisotopic (exact) mass is 568 g/mol. The maximum Gasteiger partial charge on any atom is 0.253 e. The van der Waals surface area contributed by atoms with Crippen molar-refractivity contribution in [2.45, 2.75) is 44.0 Å². The Morgan fingerprint density at radius 3 is 2.44 bits per heavy atom. The molecule has 1 saturated heterocycles. The highest BCUT2D eigenvalue weighted by molar-refractivity contribution is 6.30. The van der Waals surface area contributed by atoms with Crippen LogP contribution in [0.15, 0.2) is 42.6 Å². The van der Waals surface area contributed by atoms with E-state index in [9.17, 15) is 28.2 Å². The van der Waals surface area contributed by atoms with Gasteiger partial charge in [0.1, 0.15) is 17.9 Å². The number of carbonyl (C=O) groups excluding carboxylic acids is 1. The van der Waals surface area contributed by atoms with Crippen molar-refractivity contribution < 1.29 is 37.7 Å². The summed E-state index contributed by atoms with van der Waals surface area (Å²) in [6, 6.07) is 7.58. The lowest BCUT2D eigenvalue weighted by molar-refractivity contribution is -0.217. The van der Waals surface area contributed by atoms with Gasteiger partial charge in [0.15, 0.2) is 23.6 Å². The smallest absolute Gasteiger partial charge is 0.253 e. The number of carbonyl (C=O) groups is 1. The van der Waals surface area contributed by atoms with Gasteiger partial charge in [-0.05, 0) is 29.8 Å². The first kappa shape index (κ1) is 29.0. The Labute approximate surface area is 227 Å². The highest BCUT2D eigenvalue weighted by atomic mass is 35.5. The summed E-state index contributed by atoms with van der Waals surface area (Å²) in [6.07, 6.45) is -3.13. The molecule has 0 saturated carbocycles. The Hall–Kier alpha value is -3.03. The largest absolute Gasteiger partial charge is 0.394 e. The molecule has 1 amide bonds. The summed E-state index contributed by atoms with van der Waals surface area (Å²) in [4.78, 5) is 14.6. The summed E-state index contributed by atoms with van der Waals surface area (Å²) in [5.74, 6) is -5.41. The highest BCUT2D eigenvalue weighted by Crippen LogP contribution is 2.37. The lowest BCUT2D eigenvalue weighted by Gasteiger charge is -2.45. The normalized spacial score (nSPS) is 24.0. The average molecular weight is 569 g/mol. The first-order valence-corrected chi connectivity index (χ1v) is 12.5. The first-order valence-electron chi connectivity index (χ1n) is 12.1. The lowest BCUT2D eigenvalue weighted by atomic mass is 9.83. The van der Waals surface area contributed by atoms with E-state index in [0.717, 1.165) is 17.7 Å². The Bertz CT molecular complexity index is 1290. The maximum atomic E-state index is 13.8. The van der Waals surface area contributed by atoms with Crippen molar-refractivity contribution in [2.24, 2.45) is 5.92 Å². The predicted octanol–water partition coefficient (Wildman–Crippen LogP) is 2.99. The van der Waals surface area contributed by atoms with Crippen LogP contribution in [0.5, 0.6) is 0 Å². The van der Waals surface area contributed by atoms with Crippen molar-refractivity contribution in [1.29, 1.82) is 0 Å². The second-order valence-electron chi connectivity index (χ2n) is 9.59. The molecular formula is C26H28ClF3N4O5. The average Bonchev–Trinajstić information content (AvgIpc) is 3.38. The maximum absolute atomic E-state index is 13.8. The van der Waals surface area contributed by atoms with Crippen molar-refractivity contribution in [3.63, 3.8) is 0 Å². The molecule has 210 valence electrons. The quantitative estimate of drug-likeness (QED) is 0.402. The minimum absolute atomic E-state index is 0.0238. The highest BCUT2D eigenvalue weighted by Gasteiger charge is 2.49. The van der Waals surface area contributed by atoms with Crippen molar-refractivity contribution in [3.8, 4) is 11.3 Å². The van der Waals surface area contributed by atoms with Crippen LogP contribution in [0.2, 0.25) is 5.02 Å². The Balaban J connectivity index is 1.65. The van der Waals surface area contributed by atoms with Gasteiger partial charge in [-0.25, -0.2) is 17.9 Å². The molecule has 39 heavy (non-hydrogen) atoms. The summed E-state index contributed by atoms with van der Waals surface area (Å²) in [5.41, 5.74) is 0.721. The van der Waals surface area contributed by atoms with Crippen LogP contribution in [0.3, 0.4) is 0 Å². The summed E-state index contributed by atoms with van der Waals surface area (Å²) < 4.78 is 54.3. The molecule has 13 heteroatoms. The molecule has 3 aromatic rings. The van der Waals surface area contributed by atoms with Crippen LogP contribution in [0.25, 0.3) is 11.3 Å². The van der Waals surface area contributed by atoms with E-state index < -0.39 is 66.3 Å². The minimum Gasteiger partial charge on any atom is -0.394 e. The molecule has 1 aliphatic heterocycles. The molecule has 6 atom stereocenters. The number of aliphatic hydroxyl groups excluding tert-OH is 2. The van der Waals surface area contributed by atoms with Gasteiger partial charge in [0.2, 0.25) is 0 Å². The van der Waals surface area contributed by atoms with E-state index in [1.165, 1.54) is 15.8 Å². The van der Waals surface area contributed by atoms with Crippen LogP contribution in [-0.2, 0) is 20.9 Å². The molecule has 2 heterocycles. The Morgan fingerprint density at radius 2 is 1.85 bits per heavy atom. The van der Waals surface area contributed by atoms with Gasteiger partial charge in [0, 0.05) is 30.6 Å². The van der Waals surface area contributed by atoms with E-state index in [0.29, 0.717) is 5.02 Å². The second-order valence-corrected chi connectivity index (χ2v) is 10.0. The number of rotatable bonds is 8. The zero-order valence-electron chi connectivity index (χ0n) is 21.3. The number of likely N-dealkylation sites (N-methyl/N-ethyl adjacent to an activating group) is 1. The summed E-state index contributed by atoms with van der Waals surface area (Å²) in [6.45, 7) is 1.20. The molecule has 1 aliphatic rings. The van der Waals surface area contributed by atoms with Crippen LogP contribution in [0, 0.1) is 23.4 Å². The molecule has 1 fully saturated rings. The van der Waals surface area contributed by atoms with Crippen molar-refractivity contribution in [1.82, 2.24) is 19.9 Å². The van der Waals surface area contributed by atoms with Crippen LogP contribution in [0.4, 0.5) is 13.2 Å². The molecule has 2 N–H and O–H groups in total. The van der Waals surface area contributed by atoms with E-state index in [2.05, 4.69) is 10.3 Å². The summed E-state index contributed by atoms with van der Waals surface area (Å²) in [7, 11) is 3.13. The van der Waals surface area contributed by atoms with E-state index in [1.807, 2.05) is 0 Å². The van der Waals surface area contributed by atoms with Gasteiger partial charge < -0.3 is 24.6 Å². The molecule has 1 aromatic heterocycles. The number of ether oxygens (including phenoxy) is 2. The lowest BCUT2D eigenvalue weighted by Crippen LogP contribution is -2.58. The molecule has 2 unspecified atom stereocenters. The third-order valence-electron chi connectivity index (χ3n) is 6.72. The Kier molecular flexibility index (Phi) is 8.92. The topological polar surface area (TPSA) is 110 Å². The van der Waals surface area contributed by atoms with Gasteiger partial charge in [-0.15, -0.1) is 5.10 Å². The molecule has 0 bridgehead atoms. The number of amides is 1. The third-order valence-corrected chi connectivity index (χ3v) is 6.97. The van der Waals surface area contributed by atoms with Crippen molar-refractivity contribution >= 4 is 17.5 Å². The zero-order valence-corrected chi connectivity index (χ0v) is 22.1. The number of hydrogen-bond acceptors (Lipinski definition) is 7. The van der Waals surface area contributed by atoms with Crippen molar-refractivity contribution in [3.05, 3.63) is 70.6 Å². The first-order chi connectivity index (χ1) is 18.5. The fourth-order valence-electron chi connectivity index (χ4n) is 4.61. The fraction of sp³-hybridized carbons (Fsp3) is 0.423. The number of hydrogen-bond donors (Lipinski definition) is 2. The van der Waals surface area contributed by atoms with Gasteiger partial charge in [-0.2, -0.15) is 0 Å². The number of nitrogens with zero attached hydrogens (tertiary/aromatic N) is 4. The van der Waals surface area contributed by atoms with Gasteiger partial charge >= 0.3 is 0 Å². The fourth-order valence-corrected chi connectivity index (χ4v) is 4.74. The van der Waals surface area contributed by atoms with Crippen LogP contribution < -0.4 is 0 Å². The van der Waals surface area contributed by atoms with Crippen LogP contribution in [-0.4, -0.2) is 81.1 Å². The number of halogens is 4. The molecular weight excluding hydrogens is 541 g/mol. The Morgan fingerprint density at radius 1 is 1.21 bits per heavy atom. The van der Waals surface area contributed by atoms with Crippen molar-refractivity contribution in [2.75, 3.05) is 20.7 Å². The molecule has 9 nitrogen and oxygen atoms in total. The molecule has 2 aromatic carbocycles. The molecule has 0 spiro atoms. The third kappa shape index (κ3) is 6.10. The van der Waals surface area contributed by atoms with Gasteiger partial charge in [-0.3, -0.25) is 4.79 Å². The molecule has 0 radical (unpaired) electrons.